The first-order valence-corrected chi connectivity index (χ1v) is 7.34. The van der Waals surface area contributed by atoms with Gasteiger partial charge in [0.1, 0.15) is 5.54 Å². The molecule has 1 saturated heterocycles. The average molecular weight is 234 g/mol. The van der Waals surface area contributed by atoms with Crippen LogP contribution < -0.4 is 0 Å². The molecule has 2 atom stereocenters. The van der Waals surface area contributed by atoms with Crippen molar-refractivity contribution in [2.45, 2.75) is 64.3 Å². The molecule has 1 saturated carbocycles. The second-order valence-electron chi connectivity index (χ2n) is 6.27. The molecule has 96 valence electrons. The van der Waals surface area contributed by atoms with E-state index < -0.39 is 0 Å². The van der Waals surface area contributed by atoms with Crippen LogP contribution in [0.5, 0.6) is 0 Å². The van der Waals surface area contributed by atoms with Gasteiger partial charge >= 0.3 is 0 Å². The molecule has 0 spiro atoms. The molecule has 2 nitrogen and oxygen atoms in total. The maximum Gasteiger partial charge on any atom is 0.109 e. The summed E-state index contributed by atoms with van der Waals surface area (Å²) in [6, 6.07) is 2.68. The van der Waals surface area contributed by atoms with Crippen LogP contribution >= 0.6 is 0 Å². The summed E-state index contributed by atoms with van der Waals surface area (Å²) in [4.78, 5) is 2.48. The zero-order valence-corrected chi connectivity index (χ0v) is 11.4. The van der Waals surface area contributed by atoms with Gasteiger partial charge in [0.25, 0.3) is 0 Å². The van der Waals surface area contributed by atoms with E-state index >= 15 is 0 Å². The maximum absolute atomic E-state index is 9.66. The Bertz CT molecular complexity index is 286. The first kappa shape index (κ1) is 12.9. The van der Waals surface area contributed by atoms with Gasteiger partial charge in [-0.25, -0.2) is 0 Å². The zero-order valence-electron chi connectivity index (χ0n) is 11.4. The van der Waals surface area contributed by atoms with Crippen LogP contribution in [-0.2, 0) is 0 Å². The molecule has 0 aromatic carbocycles. The molecule has 0 amide bonds. The van der Waals surface area contributed by atoms with Gasteiger partial charge in [0.2, 0.25) is 0 Å². The van der Waals surface area contributed by atoms with Crippen LogP contribution in [0.15, 0.2) is 0 Å². The quantitative estimate of drug-likeness (QED) is 0.683. The summed E-state index contributed by atoms with van der Waals surface area (Å²) in [6.07, 6.45) is 8.61. The first-order valence-electron chi connectivity index (χ1n) is 7.34. The summed E-state index contributed by atoms with van der Waals surface area (Å²) in [5.74, 6) is 1.62. The smallest absolute Gasteiger partial charge is 0.109 e. The Morgan fingerprint density at radius 3 is 2.41 bits per heavy atom. The number of hydrogen-bond acceptors (Lipinski definition) is 2. The number of hydrogen-bond donors (Lipinski definition) is 0. The van der Waals surface area contributed by atoms with E-state index in [0.29, 0.717) is 0 Å². The van der Waals surface area contributed by atoms with Crippen molar-refractivity contribution in [3.8, 4) is 6.07 Å². The monoisotopic (exact) mass is 234 g/mol. The summed E-state index contributed by atoms with van der Waals surface area (Å²) in [5.41, 5.74) is -0.111. The Balaban J connectivity index is 2.06. The third kappa shape index (κ3) is 2.65. The van der Waals surface area contributed by atoms with Crippen molar-refractivity contribution in [1.82, 2.24) is 4.90 Å². The van der Waals surface area contributed by atoms with Crippen molar-refractivity contribution in [2.75, 3.05) is 13.1 Å². The molecule has 1 heterocycles. The fourth-order valence-corrected chi connectivity index (χ4v) is 3.66. The second kappa shape index (κ2) is 5.40. The topological polar surface area (TPSA) is 27.0 Å². The van der Waals surface area contributed by atoms with Crippen LogP contribution in [0.2, 0.25) is 0 Å². The molecule has 1 aliphatic heterocycles. The van der Waals surface area contributed by atoms with Gasteiger partial charge in [0, 0.05) is 0 Å². The largest absolute Gasteiger partial charge is 0.286 e. The van der Waals surface area contributed by atoms with E-state index in [1.54, 1.807) is 0 Å². The lowest BCUT2D eigenvalue weighted by Gasteiger charge is -2.35. The van der Waals surface area contributed by atoms with Crippen LogP contribution in [0, 0.1) is 23.2 Å². The maximum atomic E-state index is 9.66. The third-order valence-corrected chi connectivity index (χ3v) is 4.96. The molecule has 0 aromatic heterocycles. The fraction of sp³-hybridized carbons (Fsp3) is 0.933. The summed E-state index contributed by atoms with van der Waals surface area (Å²) >= 11 is 0. The molecular weight excluding hydrogens is 208 g/mol. The predicted octanol–water partition coefficient (Wildman–Crippen LogP) is 3.58. The highest BCUT2D eigenvalue weighted by atomic mass is 15.2. The highest BCUT2D eigenvalue weighted by molar-refractivity contribution is 5.10. The normalized spacial score (nSPS) is 35.8. The van der Waals surface area contributed by atoms with Gasteiger partial charge in [-0.15, -0.1) is 0 Å². The minimum Gasteiger partial charge on any atom is -0.286 e. The molecule has 2 unspecified atom stereocenters. The molecule has 0 radical (unpaired) electrons. The molecule has 1 aliphatic carbocycles. The zero-order chi connectivity index (χ0) is 12.3. The van der Waals surface area contributed by atoms with Crippen LogP contribution in [0.1, 0.15) is 58.8 Å². The Hall–Kier alpha value is -0.550. The SMILES string of the molecule is CC(C)C1CCCC(C#N)(N2CCCC2)CC1. The molecule has 0 aromatic rings. The van der Waals surface area contributed by atoms with E-state index in [1.807, 2.05) is 0 Å². The van der Waals surface area contributed by atoms with Crippen LogP contribution in [0.3, 0.4) is 0 Å². The van der Waals surface area contributed by atoms with Gasteiger partial charge in [0.15, 0.2) is 0 Å². The van der Waals surface area contributed by atoms with E-state index in [2.05, 4.69) is 24.8 Å². The Labute approximate surface area is 106 Å². The lowest BCUT2D eigenvalue weighted by molar-refractivity contribution is 0.150. The summed E-state index contributed by atoms with van der Waals surface area (Å²) in [6.45, 7) is 6.97. The number of nitriles is 1. The second-order valence-corrected chi connectivity index (χ2v) is 6.27. The lowest BCUT2D eigenvalue weighted by atomic mass is 9.86. The van der Waals surface area contributed by atoms with Crippen molar-refractivity contribution < 1.29 is 0 Å². The Morgan fingerprint density at radius 2 is 1.82 bits per heavy atom. The van der Waals surface area contributed by atoms with Gasteiger partial charge in [-0.1, -0.05) is 26.7 Å². The number of rotatable bonds is 2. The molecule has 17 heavy (non-hydrogen) atoms. The highest BCUT2D eigenvalue weighted by Gasteiger charge is 2.40. The summed E-state index contributed by atoms with van der Waals surface area (Å²) < 4.78 is 0. The predicted molar refractivity (Wildman–Crippen MR) is 70.6 cm³/mol. The minimum absolute atomic E-state index is 0.111. The molecule has 2 fully saturated rings. The highest BCUT2D eigenvalue weighted by Crippen LogP contribution is 2.38. The van der Waals surface area contributed by atoms with Crippen molar-refractivity contribution in [1.29, 1.82) is 5.26 Å². The number of nitrogens with zero attached hydrogens (tertiary/aromatic N) is 2. The fourth-order valence-electron chi connectivity index (χ4n) is 3.66. The lowest BCUT2D eigenvalue weighted by Crippen LogP contribution is -2.45. The van der Waals surface area contributed by atoms with Gasteiger partial charge in [-0.3, -0.25) is 4.90 Å². The molecular formula is C15H26N2. The first-order chi connectivity index (χ1) is 8.18. The average Bonchev–Trinajstić information content (AvgIpc) is 2.76. The minimum atomic E-state index is -0.111. The summed E-state index contributed by atoms with van der Waals surface area (Å²) in [5, 5.41) is 9.66. The third-order valence-electron chi connectivity index (χ3n) is 4.96. The van der Waals surface area contributed by atoms with E-state index in [4.69, 9.17) is 0 Å². The summed E-state index contributed by atoms with van der Waals surface area (Å²) in [7, 11) is 0. The molecule has 2 rings (SSSR count). The van der Waals surface area contributed by atoms with Crippen LogP contribution in [0.4, 0.5) is 0 Å². The van der Waals surface area contributed by atoms with E-state index in [1.165, 1.54) is 32.1 Å². The van der Waals surface area contributed by atoms with Gasteiger partial charge in [-0.2, -0.15) is 5.26 Å². The van der Waals surface area contributed by atoms with E-state index in [9.17, 15) is 5.26 Å². The van der Waals surface area contributed by atoms with Gasteiger partial charge in [-0.05, 0) is 57.0 Å². The van der Waals surface area contributed by atoms with Crippen molar-refractivity contribution in [3.63, 3.8) is 0 Å². The van der Waals surface area contributed by atoms with Crippen molar-refractivity contribution in [3.05, 3.63) is 0 Å². The van der Waals surface area contributed by atoms with Gasteiger partial charge in [0.05, 0.1) is 6.07 Å². The van der Waals surface area contributed by atoms with Crippen LogP contribution in [0.25, 0.3) is 0 Å². The molecule has 2 aliphatic rings. The van der Waals surface area contributed by atoms with E-state index in [-0.39, 0.29) is 5.54 Å². The van der Waals surface area contributed by atoms with Gasteiger partial charge < -0.3 is 0 Å². The molecule has 2 heteroatoms. The van der Waals surface area contributed by atoms with Crippen molar-refractivity contribution in [2.24, 2.45) is 11.8 Å². The Kier molecular flexibility index (Phi) is 4.09. The molecule has 0 N–H and O–H groups in total. The number of likely N-dealkylation sites (tertiary alicyclic amines) is 1. The standard InChI is InChI=1S/C15H26N2/c1-13(2)14-6-5-8-15(12-16,9-7-14)17-10-3-4-11-17/h13-14H,3-11H2,1-2H3. The van der Waals surface area contributed by atoms with Crippen LogP contribution in [-0.4, -0.2) is 23.5 Å². The van der Waals surface area contributed by atoms with E-state index in [0.717, 1.165) is 37.8 Å². The molecule has 0 bridgehead atoms. The van der Waals surface area contributed by atoms with Crippen molar-refractivity contribution >= 4 is 0 Å². The Morgan fingerprint density at radius 1 is 1.12 bits per heavy atom.